The van der Waals surface area contributed by atoms with Gasteiger partial charge in [-0.1, -0.05) is 0 Å². The highest BCUT2D eigenvalue weighted by Gasteiger charge is 2.10. The van der Waals surface area contributed by atoms with Gasteiger partial charge < -0.3 is 15.2 Å². The van der Waals surface area contributed by atoms with Crippen molar-refractivity contribution in [2.75, 3.05) is 17.7 Å². The second kappa shape index (κ2) is 5.80. The molecule has 0 aliphatic carbocycles. The molecule has 0 aliphatic rings. The third kappa shape index (κ3) is 2.48. The molecule has 0 aromatic carbocycles. The van der Waals surface area contributed by atoms with Crippen LogP contribution in [-0.4, -0.2) is 26.6 Å². The number of aryl methyl sites for hydroxylation is 1. The molecule has 3 heterocycles. The van der Waals surface area contributed by atoms with Crippen molar-refractivity contribution < 1.29 is 0 Å². The highest BCUT2D eigenvalue weighted by molar-refractivity contribution is 5.93. The summed E-state index contributed by atoms with van der Waals surface area (Å²) in [5.41, 5.74) is -0.0529. The molecular weight excluding hydrogens is 280 g/mol. The van der Waals surface area contributed by atoms with Gasteiger partial charge in [-0.15, -0.1) is 0 Å². The van der Waals surface area contributed by atoms with E-state index in [1.54, 1.807) is 36.4 Å². The van der Waals surface area contributed by atoms with Gasteiger partial charge in [0, 0.05) is 32.2 Å². The summed E-state index contributed by atoms with van der Waals surface area (Å²) < 4.78 is 1.65. The molecule has 7 nitrogen and oxygen atoms in total. The first-order valence-electron chi connectivity index (χ1n) is 6.98. The molecule has 0 saturated carbocycles. The molecule has 0 unspecified atom stereocenters. The molecule has 0 bridgehead atoms. The van der Waals surface area contributed by atoms with Crippen molar-refractivity contribution in [1.82, 2.24) is 19.5 Å². The molecule has 3 aromatic rings. The molecule has 0 saturated heterocycles. The van der Waals surface area contributed by atoms with Gasteiger partial charge in [-0.3, -0.25) is 9.78 Å². The monoisotopic (exact) mass is 296 g/mol. The first-order chi connectivity index (χ1) is 10.7. The maximum absolute atomic E-state index is 12.4. The van der Waals surface area contributed by atoms with Crippen LogP contribution in [-0.2, 0) is 6.54 Å². The van der Waals surface area contributed by atoms with Gasteiger partial charge >= 0.3 is 0 Å². The topological polar surface area (TPSA) is 84.7 Å². The quantitative estimate of drug-likeness (QED) is 0.766. The fraction of sp³-hybridized carbons (Fsp3) is 0.200. The second-order valence-electron chi connectivity index (χ2n) is 4.69. The maximum atomic E-state index is 12.4. The van der Waals surface area contributed by atoms with E-state index in [2.05, 4.69) is 25.6 Å². The fourth-order valence-corrected chi connectivity index (χ4v) is 2.29. The Morgan fingerprint density at radius 3 is 2.82 bits per heavy atom. The van der Waals surface area contributed by atoms with Crippen LogP contribution in [0.1, 0.15) is 6.92 Å². The number of anilines is 3. The maximum Gasteiger partial charge on any atom is 0.262 e. The van der Waals surface area contributed by atoms with E-state index in [-0.39, 0.29) is 5.56 Å². The average molecular weight is 296 g/mol. The largest absolute Gasteiger partial charge is 0.372 e. The predicted molar refractivity (Wildman–Crippen MR) is 86.5 cm³/mol. The highest BCUT2D eigenvalue weighted by Crippen LogP contribution is 2.23. The lowest BCUT2D eigenvalue weighted by Gasteiger charge is -2.11. The van der Waals surface area contributed by atoms with E-state index in [4.69, 9.17) is 0 Å². The molecule has 0 radical (unpaired) electrons. The molecule has 0 fully saturated rings. The number of hydrogen-bond acceptors (Lipinski definition) is 6. The molecule has 2 N–H and O–H groups in total. The molecule has 0 aliphatic heterocycles. The zero-order valence-corrected chi connectivity index (χ0v) is 12.4. The van der Waals surface area contributed by atoms with E-state index < -0.39 is 0 Å². The Hall–Kier alpha value is -2.96. The van der Waals surface area contributed by atoms with Gasteiger partial charge in [0.25, 0.3) is 5.56 Å². The average Bonchev–Trinajstić information content (AvgIpc) is 2.55. The van der Waals surface area contributed by atoms with Crippen molar-refractivity contribution in [3.8, 4) is 0 Å². The Bertz CT molecular complexity index is 859. The minimum absolute atomic E-state index is 0.0529. The first-order valence-corrected chi connectivity index (χ1v) is 6.98. The Morgan fingerprint density at radius 2 is 2.14 bits per heavy atom. The van der Waals surface area contributed by atoms with Gasteiger partial charge in [-0.2, -0.15) is 0 Å². The van der Waals surface area contributed by atoms with Gasteiger partial charge in [0.2, 0.25) is 0 Å². The van der Waals surface area contributed by atoms with Crippen LogP contribution in [0.3, 0.4) is 0 Å². The molecule has 0 spiro atoms. The fourth-order valence-electron chi connectivity index (χ4n) is 2.29. The lowest BCUT2D eigenvalue weighted by molar-refractivity contribution is 0.734. The Morgan fingerprint density at radius 1 is 1.27 bits per heavy atom. The van der Waals surface area contributed by atoms with Crippen LogP contribution in [0.25, 0.3) is 10.8 Å². The summed E-state index contributed by atoms with van der Waals surface area (Å²) in [4.78, 5) is 25.1. The van der Waals surface area contributed by atoms with Crippen molar-refractivity contribution in [1.29, 1.82) is 0 Å². The summed E-state index contributed by atoms with van der Waals surface area (Å²) >= 11 is 0. The smallest absolute Gasteiger partial charge is 0.262 e. The zero-order chi connectivity index (χ0) is 15.5. The molecule has 0 amide bonds. The number of rotatable bonds is 4. The van der Waals surface area contributed by atoms with Crippen LogP contribution >= 0.6 is 0 Å². The molecule has 112 valence electrons. The predicted octanol–water partition coefficient (Wildman–Crippen LogP) is 1.99. The van der Waals surface area contributed by atoms with Gasteiger partial charge in [-0.25, -0.2) is 9.97 Å². The summed E-state index contributed by atoms with van der Waals surface area (Å²) in [6, 6.07) is 3.73. The van der Waals surface area contributed by atoms with Crippen molar-refractivity contribution >= 4 is 28.2 Å². The van der Waals surface area contributed by atoms with Gasteiger partial charge in [-0.05, 0) is 24.4 Å². The zero-order valence-electron chi connectivity index (χ0n) is 12.4. The Kier molecular flexibility index (Phi) is 3.69. The van der Waals surface area contributed by atoms with Crippen molar-refractivity contribution in [3.05, 3.63) is 47.3 Å². The van der Waals surface area contributed by atoms with Crippen LogP contribution < -0.4 is 16.2 Å². The third-order valence-corrected chi connectivity index (χ3v) is 3.36. The molecule has 22 heavy (non-hydrogen) atoms. The Labute approximate surface area is 127 Å². The number of nitrogens with one attached hydrogen (secondary N) is 2. The third-order valence-electron chi connectivity index (χ3n) is 3.36. The van der Waals surface area contributed by atoms with Crippen LogP contribution in [0, 0.1) is 0 Å². The van der Waals surface area contributed by atoms with Crippen molar-refractivity contribution in [2.45, 2.75) is 13.5 Å². The standard InChI is InChI=1S/C15H16N6O/c1-3-21-7-4-10-8-11(19-12-9-17-5-6-18-12)20-14(16-2)13(10)15(21)22/h4-9H,3H2,1-2H3,(H2,16,18,19,20). The normalized spacial score (nSPS) is 10.6. The minimum atomic E-state index is -0.0529. The van der Waals surface area contributed by atoms with E-state index in [0.29, 0.717) is 29.4 Å². The molecule has 7 heteroatoms. The van der Waals surface area contributed by atoms with Gasteiger partial charge in [0.05, 0.1) is 11.6 Å². The lowest BCUT2D eigenvalue weighted by atomic mass is 10.2. The number of pyridine rings is 2. The number of aromatic nitrogens is 4. The van der Waals surface area contributed by atoms with E-state index >= 15 is 0 Å². The number of fused-ring (bicyclic) bond motifs is 1. The summed E-state index contributed by atoms with van der Waals surface area (Å²) in [5, 5.41) is 7.47. The van der Waals surface area contributed by atoms with Crippen LogP contribution in [0.4, 0.5) is 17.5 Å². The van der Waals surface area contributed by atoms with E-state index in [0.717, 1.165) is 5.39 Å². The van der Waals surface area contributed by atoms with Crippen molar-refractivity contribution in [2.24, 2.45) is 0 Å². The summed E-state index contributed by atoms with van der Waals surface area (Å²) in [7, 11) is 1.75. The Balaban J connectivity index is 2.13. The van der Waals surface area contributed by atoms with Gasteiger partial charge in [0.15, 0.2) is 0 Å². The minimum Gasteiger partial charge on any atom is -0.372 e. The summed E-state index contributed by atoms with van der Waals surface area (Å²) in [6.45, 7) is 2.56. The molecule has 0 atom stereocenters. The van der Waals surface area contributed by atoms with E-state index in [1.165, 1.54) is 0 Å². The first kappa shape index (κ1) is 14.0. The van der Waals surface area contributed by atoms with Crippen molar-refractivity contribution in [3.63, 3.8) is 0 Å². The summed E-state index contributed by atoms with van der Waals surface area (Å²) in [5.74, 6) is 1.74. The van der Waals surface area contributed by atoms with Crippen LogP contribution in [0.15, 0.2) is 41.7 Å². The molecule has 3 aromatic heterocycles. The second-order valence-corrected chi connectivity index (χ2v) is 4.69. The van der Waals surface area contributed by atoms with E-state index in [9.17, 15) is 4.79 Å². The molecule has 3 rings (SSSR count). The lowest BCUT2D eigenvalue weighted by Crippen LogP contribution is -2.19. The SMILES string of the molecule is CCn1ccc2cc(Nc3cnccn3)nc(NC)c2c1=O. The number of hydrogen-bond donors (Lipinski definition) is 2. The van der Waals surface area contributed by atoms with E-state index in [1.807, 2.05) is 19.1 Å². The van der Waals surface area contributed by atoms with Crippen LogP contribution in [0.2, 0.25) is 0 Å². The highest BCUT2D eigenvalue weighted by atomic mass is 16.1. The van der Waals surface area contributed by atoms with Crippen LogP contribution in [0.5, 0.6) is 0 Å². The van der Waals surface area contributed by atoms with Gasteiger partial charge in [0.1, 0.15) is 17.5 Å². The molecular formula is C15H16N6O. The number of nitrogens with zero attached hydrogens (tertiary/aromatic N) is 4. The summed E-state index contributed by atoms with van der Waals surface area (Å²) in [6.07, 6.45) is 6.60.